The Morgan fingerprint density at radius 1 is 1.21 bits per heavy atom. The van der Waals surface area contributed by atoms with Gasteiger partial charge >= 0.3 is 0 Å². The number of hydrogen-bond donors (Lipinski definition) is 5. The van der Waals surface area contributed by atoms with Crippen LogP contribution in [0.5, 0.6) is 0 Å². The number of aliphatic hydroxyl groups is 5. The number of carbonyl (C=O) groups is 1. The molecule has 6 nitrogen and oxygen atoms in total. The topological polar surface area (TPSA) is 118 Å². The summed E-state index contributed by atoms with van der Waals surface area (Å²) in [4.78, 5) is 10.1. The first-order chi connectivity index (χ1) is 6.25. The molecule has 0 amide bonds. The van der Waals surface area contributed by atoms with Crippen molar-refractivity contribution >= 4 is 6.29 Å². The van der Waals surface area contributed by atoms with Gasteiger partial charge in [-0.3, -0.25) is 0 Å². The minimum atomic E-state index is -2.00. The second kappa shape index (κ2) is 4.81. The third-order valence-corrected chi connectivity index (χ3v) is 2.26. The van der Waals surface area contributed by atoms with Crippen molar-refractivity contribution in [2.75, 3.05) is 0 Å². The van der Waals surface area contributed by atoms with Gasteiger partial charge in [0.1, 0.15) is 23.9 Å². The Morgan fingerprint density at radius 2 is 1.64 bits per heavy atom. The lowest BCUT2D eigenvalue weighted by atomic mass is 9.88. The smallest absolute Gasteiger partial charge is 0.151 e. The fourth-order valence-electron chi connectivity index (χ4n) is 0.860. The van der Waals surface area contributed by atoms with Crippen LogP contribution >= 0.6 is 0 Å². The molecule has 5 atom stereocenters. The molecule has 0 spiro atoms. The molecule has 1 unspecified atom stereocenters. The maximum Gasteiger partial charge on any atom is 0.151 e. The van der Waals surface area contributed by atoms with Crippen molar-refractivity contribution in [3.05, 3.63) is 0 Å². The Hall–Kier alpha value is -0.530. The van der Waals surface area contributed by atoms with E-state index in [0.717, 1.165) is 6.92 Å². The largest absolute Gasteiger partial charge is 0.390 e. The van der Waals surface area contributed by atoms with Crippen LogP contribution in [-0.4, -0.2) is 61.8 Å². The van der Waals surface area contributed by atoms with E-state index < -0.39 is 30.0 Å². The maximum absolute atomic E-state index is 10.1. The number of hydrogen-bond acceptors (Lipinski definition) is 6. The van der Waals surface area contributed by atoms with Crippen LogP contribution in [0.3, 0.4) is 0 Å². The number of aliphatic hydroxyl groups excluding tert-OH is 4. The zero-order valence-corrected chi connectivity index (χ0v) is 8.03. The van der Waals surface area contributed by atoms with E-state index in [2.05, 4.69) is 0 Å². The van der Waals surface area contributed by atoms with E-state index in [1.807, 2.05) is 0 Å². The standard InChI is InChI=1S/C8H16O6/c1-4(10)8(2,14)7(13)6(12)5(11)3-9/h3-7,10-14H,1-2H3/t4?,5-,6+,7-,8+/m0/s1. The van der Waals surface area contributed by atoms with Gasteiger partial charge in [0.15, 0.2) is 6.29 Å². The Bertz CT molecular complexity index is 190. The summed E-state index contributed by atoms with van der Waals surface area (Å²) in [5, 5.41) is 45.9. The molecule has 0 aromatic heterocycles. The Labute approximate surface area is 81.4 Å². The van der Waals surface area contributed by atoms with Crippen molar-refractivity contribution in [3.8, 4) is 0 Å². The van der Waals surface area contributed by atoms with Crippen LogP contribution in [0, 0.1) is 0 Å². The highest BCUT2D eigenvalue weighted by Gasteiger charge is 2.42. The Morgan fingerprint density at radius 3 is 1.93 bits per heavy atom. The predicted molar refractivity (Wildman–Crippen MR) is 46.4 cm³/mol. The van der Waals surface area contributed by atoms with Gasteiger partial charge in [-0.05, 0) is 13.8 Å². The molecule has 5 N–H and O–H groups in total. The summed E-state index contributed by atoms with van der Waals surface area (Å²) in [6.07, 6.45) is -6.73. The molecule has 0 heterocycles. The van der Waals surface area contributed by atoms with Crippen LogP contribution in [0.25, 0.3) is 0 Å². The zero-order valence-electron chi connectivity index (χ0n) is 8.03. The SMILES string of the molecule is CC(O)[C@@](C)(O)[C@@H](O)[C@H](O)[C@@H](O)C=O. The molecule has 0 rings (SSSR count). The number of aldehydes is 1. The van der Waals surface area contributed by atoms with Crippen LogP contribution in [0.15, 0.2) is 0 Å². The monoisotopic (exact) mass is 208 g/mol. The van der Waals surface area contributed by atoms with Gasteiger partial charge in [0.25, 0.3) is 0 Å². The predicted octanol–water partition coefficient (Wildman–Crippen LogP) is -2.60. The molecule has 0 aromatic carbocycles. The van der Waals surface area contributed by atoms with Gasteiger partial charge in [-0.1, -0.05) is 0 Å². The van der Waals surface area contributed by atoms with Gasteiger partial charge in [-0.2, -0.15) is 0 Å². The average Bonchev–Trinajstić information content (AvgIpc) is 2.13. The summed E-state index contributed by atoms with van der Waals surface area (Å²) in [5.41, 5.74) is -2.00. The lowest BCUT2D eigenvalue weighted by Gasteiger charge is -2.35. The Kier molecular flexibility index (Phi) is 4.63. The lowest BCUT2D eigenvalue weighted by Crippen LogP contribution is -2.56. The second-order valence-electron chi connectivity index (χ2n) is 3.46. The molecule has 0 fully saturated rings. The Balaban J connectivity index is 4.59. The van der Waals surface area contributed by atoms with Gasteiger partial charge in [-0.25, -0.2) is 0 Å². The zero-order chi connectivity index (χ0) is 11.5. The third kappa shape index (κ3) is 2.73. The first kappa shape index (κ1) is 13.5. The fraction of sp³-hybridized carbons (Fsp3) is 0.875. The van der Waals surface area contributed by atoms with E-state index in [1.54, 1.807) is 0 Å². The highest BCUT2D eigenvalue weighted by molar-refractivity contribution is 5.56. The molecule has 0 saturated heterocycles. The van der Waals surface area contributed by atoms with Crippen molar-refractivity contribution < 1.29 is 30.3 Å². The normalized spacial score (nSPS) is 24.5. The molecule has 0 bridgehead atoms. The fourth-order valence-corrected chi connectivity index (χ4v) is 0.860. The summed E-state index contributed by atoms with van der Waals surface area (Å²) >= 11 is 0. The quantitative estimate of drug-likeness (QED) is 0.316. The summed E-state index contributed by atoms with van der Waals surface area (Å²) in [6.45, 7) is 2.30. The van der Waals surface area contributed by atoms with Gasteiger partial charge < -0.3 is 30.3 Å². The van der Waals surface area contributed by atoms with Crippen molar-refractivity contribution in [2.24, 2.45) is 0 Å². The van der Waals surface area contributed by atoms with E-state index in [9.17, 15) is 15.0 Å². The van der Waals surface area contributed by atoms with Gasteiger partial charge in [-0.15, -0.1) is 0 Å². The molecule has 84 valence electrons. The minimum Gasteiger partial charge on any atom is -0.390 e. The van der Waals surface area contributed by atoms with Gasteiger partial charge in [0.05, 0.1) is 6.10 Å². The molecule has 0 saturated carbocycles. The van der Waals surface area contributed by atoms with E-state index in [1.165, 1.54) is 6.92 Å². The molecule has 0 aliphatic rings. The van der Waals surface area contributed by atoms with Gasteiger partial charge in [0.2, 0.25) is 0 Å². The number of carbonyl (C=O) groups excluding carboxylic acids is 1. The molecule has 0 radical (unpaired) electrons. The van der Waals surface area contributed by atoms with E-state index >= 15 is 0 Å². The summed E-state index contributed by atoms with van der Waals surface area (Å²) < 4.78 is 0. The maximum atomic E-state index is 10.1. The van der Waals surface area contributed by atoms with Crippen LogP contribution in [-0.2, 0) is 4.79 Å². The molecule has 0 aliphatic carbocycles. The molecule has 6 heteroatoms. The van der Waals surface area contributed by atoms with E-state index in [0.29, 0.717) is 0 Å². The van der Waals surface area contributed by atoms with Crippen molar-refractivity contribution in [3.63, 3.8) is 0 Å². The van der Waals surface area contributed by atoms with Crippen molar-refractivity contribution in [2.45, 2.75) is 43.9 Å². The van der Waals surface area contributed by atoms with Crippen molar-refractivity contribution in [1.82, 2.24) is 0 Å². The first-order valence-electron chi connectivity index (χ1n) is 4.15. The molecular weight excluding hydrogens is 192 g/mol. The highest BCUT2D eigenvalue weighted by atomic mass is 16.4. The third-order valence-electron chi connectivity index (χ3n) is 2.26. The second-order valence-corrected chi connectivity index (χ2v) is 3.46. The van der Waals surface area contributed by atoms with E-state index in [4.69, 9.17) is 15.3 Å². The minimum absolute atomic E-state index is 0.0337. The van der Waals surface area contributed by atoms with Crippen molar-refractivity contribution in [1.29, 1.82) is 0 Å². The highest BCUT2D eigenvalue weighted by Crippen LogP contribution is 2.19. The summed E-state index contributed by atoms with van der Waals surface area (Å²) in [6, 6.07) is 0. The van der Waals surface area contributed by atoms with Crippen LogP contribution in [0.4, 0.5) is 0 Å². The molecular formula is C8H16O6. The average molecular weight is 208 g/mol. The van der Waals surface area contributed by atoms with Gasteiger partial charge in [0, 0.05) is 0 Å². The summed E-state index contributed by atoms with van der Waals surface area (Å²) in [5.74, 6) is 0. The van der Waals surface area contributed by atoms with Crippen LogP contribution in [0.2, 0.25) is 0 Å². The number of rotatable bonds is 5. The lowest BCUT2D eigenvalue weighted by molar-refractivity contribution is -0.180. The molecule has 0 aromatic rings. The molecule has 14 heavy (non-hydrogen) atoms. The molecule has 0 aliphatic heterocycles. The van der Waals surface area contributed by atoms with Crippen LogP contribution < -0.4 is 0 Å². The van der Waals surface area contributed by atoms with E-state index in [-0.39, 0.29) is 6.29 Å². The first-order valence-corrected chi connectivity index (χ1v) is 4.15. The summed E-state index contributed by atoms with van der Waals surface area (Å²) in [7, 11) is 0. The van der Waals surface area contributed by atoms with Crippen LogP contribution in [0.1, 0.15) is 13.8 Å².